The fourth-order valence-corrected chi connectivity index (χ4v) is 2.69. The average Bonchev–Trinajstić information content (AvgIpc) is 2.66. The van der Waals surface area contributed by atoms with E-state index in [0.717, 1.165) is 13.0 Å². The van der Waals surface area contributed by atoms with Gasteiger partial charge in [-0.1, -0.05) is 0 Å². The van der Waals surface area contributed by atoms with Crippen LogP contribution in [0.15, 0.2) is 17.7 Å². The van der Waals surface area contributed by atoms with Crippen molar-refractivity contribution in [2.24, 2.45) is 0 Å². The van der Waals surface area contributed by atoms with Gasteiger partial charge in [0.25, 0.3) is 10.2 Å². The Morgan fingerprint density at radius 1 is 1.09 bits per heavy atom. The molecule has 0 bridgehead atoms. The largest absolute Gasteiger partial charge is 0.573 e. The lowest BCUT2D eigenvalue weighted by Crippen LogP contribution is -2.42. The molecule has 2 rings (SSSR count). The van der Waals surface area contributed by atoms with E-state index in [1.54, 1.807) is 0 Å². The number of carbonyl (C=O) groups excluding carboxylic acids is 1. The Bertz CT molecular complexity index is 976. The summed E-state index contributed by atoms with van der Waals surface area (Å²) < 4.78 is 91.4. The number of benzene rings is 1. The Morgan fingerprint density at radius 2 is 1.65 bits per heavy atom. The molecule has 1 aromatic rings. The summed E-state index contributed by atoms with van der Waals surface area (Å²) in [6.45, 7) is -1.15. The van der Waals surface area contributed by atoms with Crippen LogP contribution in [0.2, 0.25) is 0 Å². The summed E-state index contributed by atoms with van der Waals surface area (Å²) in [4.78, 5) is 40.8. The van der Waals surface area contributed by atoms with Crippen LogP contribution in [-0.2, 0) is 19.2 Å². The topological polar surface area (TPSA) is 150 Å². The lowest BCUT2D eigenvalue weighted by molar-refractivity contribution is -0.768. The Kier molecular flexibility index (Phi) is 7.63. The van der Waals surface area contributed by atoms with Crippen molar-refractivity contribution in [2.75, 3.05) is 13.2 Å². The molecule has 0 radical (unpaired) electrons. The predicted molar refractivity (Wildman–Crippen MR) is 92.1 cm³/mol. The van der Waals surface area contributed by atoms with Crippen molar-refractivity contribution in [3.63, 3.8) is 0 Å². The van der Waals surface area contributed by atoms with Gasteiger partial charge in [-0.25, -0.2) is 4.79 Å². The third-order valence-corrected chi connectivity index (χ3v) is 3.88. The number of carbonyl (C=O) groups is 1. The van der Waals surface area contributed by atoms with E-state index in [2.05, 4.69) is 19.1 Å². The molecule has 0 saturated heterocycles. The van der Waals surface area contributed by atoms with E-state index >= 15 is 0 Å². The number of nitrogens with zero attached hydrogens (tertiary/aromatic N) is 2. The van der Waals surface area contributed by atoms with Crippen molar-refractivity contribution in [1.82, 2.24) is 0 Å². The number of hydrogen-bond donors (Lipinski definition) is 0. The zero-order valence-electron chi connectivity index (χ0n) is 16.5. The third-order valence-electron chi connectivity index (χ3n) is 3.88. The summed E-state index contributed by atoms with van der Waals surface area (Å²) in [5.41, 5.74) is -1.87. The molecule has 0 aromatic heterocycles. The van der Waals surface area contributed by atoms with Crippen LogP contribution in [0, 0.1) is 27.2 Å². The van der Waals surface area contributed by atoms with Crippen molar-refractivity contribution in [3.8, 4) is 11.5 Å². The number of alkyl halides is 6. The minimum absolute atomic E-state index is 0.189. The van der Waals surface area contributed by atoms with Gasteiger partial charge >= 0.3 is 18.5 Å². The molecule has 1 aliphatic heterocycles. The Labute approximate surface area is 183 Å². The van der Waals surface area contributed by atoms with Gasteiger partial charge in [-0.2, -0.15) is 13.2 Å². The minimum atomic E-state index is -5.22. The maximum Gasteiger partial charge on any atom is 0.573 e. The van der Waals surface area contributed by atoms with E-state index in [1.807, 2.05) is 0 Å². The number of fused-ring (bicyclic) bond motifs is 1. The normalized spacial score (nSPS) is 15.5. The number of aryl methyl sites for hydroxylation is 1. The lowest BCUT2D eigenvalue weighted by atomic mass is 9.98. The number of rotatable bonds is 9. The molecule has 18 heteroatoms. The number of ether oxygens (including phenoxy) is 3. The molecule has 0 spiro atoms. The second-order valence-corrected chi connectivity index (χ2v) is 6.41. The van der Waals surface area contributed by atoms with E-state index in [9.17, 15) is 51.4 Å². The highest BCUT2D eigenvalue weighted by Gasteiger charge is 2.49. The second-order valence-electron chi connectivity index (χ2n) is 6.41. The zero-order chi connectivity index (χ0) is 25.8. The quantitative estimate of drug-likeness (QED) is 0.212. The molecule has 0 amide bonds. The smallest absolute Gasteiger partial charge is 0.475 e. The average molecular weight is 506 g/mol. The molecule has 1 aromatic carbocycles. The first-order valence-corrected chi connectivity index (χ1v) is 8.67. The first-order valence-electron chi connectivity index (χ1n) is 8.67. The third kappa shape index (κ3) is 7.27. The van der Waals surface area contributed by atoms with E-state index in [-0.39, 0.29) is 5.56 Å². The first kappa shape index (κ1) is 26.3. The van der Waals surface area contributed by atoms with E-state index in [4.69, 9.17) is 4.74 Å². The Balaban J connectivity index is 2.42. The molecule has 1 aliphatic rings. The molecule has 12 nitrogen and oxygen atoms in total. The van der Waals surface area contributed by atoms with E-state index in [0.29, 0.717) is 12.1 Å². The molecule has 188 valence electrons. The van der Waals surface area contributed by atoms with Gasteiger partial charge in [-0.3, -0.25) is 0 Å². The van der Waals surface area contributed by atoms with Crippen LogP contribution < -0.4 is 9.47 Å². The lowest BCUT2D eigenvalue weighted by Gasteiger charge is -2.29. The standard InChI is InChI=1S/C16H12F6N2O10/c1-7-2-9(34-16(20,21)22)3-8-4-11(13(15(17,18)19)33-12(7)8)14(25)32-10(5-30-23(26)27)6-31-24(28)29/h2-4,10,13H,5-6H2,1H3. The van der Waals surface area contributed by atoms with Gasteiger partial charge in [0.15, 0.2) is 0 Å². The van der Waals surface area contributed by atoms with Gasteiger partial charge in [0, 0.05) is 5.56 Å². The molecule has 0 N–H and O–H groups in total. The van der Waals surface area contributed by atoms with Crippen molar-refractivity contribution >= 4 is 12.0 Å². The summed E-state index contributed by atoms with van der Waals surface area (Å²) in [6.07, 6.45) is -14.7. The van der Waals surface area contributed by atoms with Gasteiger partial charge in [0.2, 0.25) is 6.10 Å². The zero-order valence-corrected chi connectivity index (χ0v) is 16.5. The summed E-state index contributed by atoms with van der Waals surface area (Å²) in [5, 5.41) is 17.9. The van der Waals surface area contributed by atoms with Gasteiger partial charge in [-0.15, -0.1) is 33.4 Å². The van der Waals surface area contributed by atoms with Crippen LogP contribution in [0.5, 0.6) is 11.5 Å². The molecule has 0 fully saturated rings. The minimum Gasteiger partial charge on any atom is -0.475 e. The SMILES string of the molecule is Cc1cc(OC(F)(F)F)cc2c1OC(C(F)(F)F)C(C(=O)OC(CO[N+](=O)[O-])CO[N+](=O)[O-])=C2. The summed E-state index contributed by atoms with van der Waals surface area (Å²) in [7, 11) is 0. The number of hydrogen-bond acceptors (Lipinski definition) is 10. The fraction of sp³-hybridized carbons (Fsp3) is 0.438. The monoisotopic (exact) mass is 506 g/mol. The maximum absolute atomic E-state index is 13.5. The molecular weight excluding hydrogens is 494 g/mol. The molecular formula is C16H12F6N2O10. The number of esters is 1. The Hall–Kier alpha value is -3.99. The fourth-order valence-electron chi connectivity index (χ4n) is 2.69. The molecule has 1 unspecified atom stereocenters. The van der Waals surface area contributed by atoms with Crippen LogP contribution in [0.4, 0.5) is 26.3 Å². The van der Waals surface area contributed by atoms with Crippen molar-refractivity contribution in [1.29, 1.82) is 0 Å². The van der Waals surface area contributed by atoms with Crippen LogP contribution in [0.3, 0.4) is 0 Å². The molecule has 0 aliphatic carbocycles. The summed E-state index contributed by atoms with van der Waals surface area (Å²) in [5.74, 6) is -3.13. The van der Waals surface area contributed by atoms with Gasteiger partial charge in [0.1, 0.15) is 30.8 Å². The van der Waals surface area contributed by atoms with E-state index in [1.165, 1.54) is 0 Å². The highest BCUT2D eigenvalue weighted by atomic mass is 19.4. The van der Waals surface area contributed by atoms with Crippen LogP contribution in [-0.4, -0.2) is 54.1 Å². The molecule has 1 heterocycles. The highest BCUT2D eigenvalue weighted by molar-refractivity contribution is 5.96. The van der Waals surface area contributed by atoms with E-state index < -0.39 is 76.7 Å². The Morgan fingerprint density at radius 3 is 2.12 bits per heavy atom. The maximum atomic E-state index is 13.5. The predicted octanol–water partition coefficient (Wildman–Crippen LogP) is 2.93. The van der Waals surface area contributed by atoms with Crippen LogP contribution >= 0.6 is 0 Å². The van der Waals surface area contributed by atoms with Crippen molar-refractivity contribution in [3.05, 3.63) is 49.1 Å². The van der Waals surface area contributed by atoms with Gasteiger partial charge in [0.05, 0.1) is 5.57 Å². The van der Waals surface area contributed by atoms with Gasteiger partial charge < -0.3 is 23.9 Å². The van der Waals surface area contributed by atoms with Crippen molar-refractivity contribution < 1.29 is 65.2 Å². The second kappa shape index (κ2) is 9.87. The van der Waals surface area contributed by atoms with Crippen molar-refractivity contribution in [2.45, 2.75) is 31.7 Å². The molecule has 1 atom stereocenters. The number of halogens is 6. The van der Waals surface area contributed by atoms with Gasteiger partial charge in [-0.05, 0) is 30.7 Å². The van der Waals surface area contributed by atoms with Crippen LogP contribution in [0.25, 0.3) is 6.08 Å². The summed E-state index contributed by atoms with van der Waals surface area (Å²) >= 11 is 0. The van der Waals surface area contributed by atoms with Crippen LogP contribution in [0.1, 0.15) is 11.1 Å². The summed E-state index contributed by atoms with van der Waals surface area (Å²) in [6, 6.07) is 1.41. The highest BCUT2D eigenvalue weighted by Crippen LogP contribution is 2.41. The first-order chi connectivity index (χ1) is 15.6. The molecule has 0 saturated carbocycles. The molecule has 34 heavy (non-hydrogen) atoms.